The Morgan fingerprint density at radius 3 is 2.57 bits per heavy atom. The molecule has 1 aromatic heterocycles. The van der Waals surface area contributed by atoms with Gasteiger partial charge in [0.15, 0.2) is 5.11 Å². The number of nitrogens with zero attached hydrogens (tertiary/aromatic N) is 1. The molecule has 0 unspecified atom stereocenters. The number of hydrogen-bond acceptors (Lipinski definition) is 4. The van der Waals surface area contributed by atoms with Crippen LogP contribution in [0.2, 0.25) is 0 Å². The van der Waals surface area contributed by atoms with Crippen molar-refractivity contribution >= 4 is 50.3 Å². The largest absolute Gasteiger partial charge is 0.495 e. The molecule has 0 aliphatic carbocycles. The maximum absolute atomic E-state index is 5.52. The normalized spacial score (nSPS) is 10.6. The van der Waals surface area contributed by atoms with Gasteiger partial charge in [0, 0.05) is 5.69 Å². The minimum absolute atomic E-state index is 0.495. The van der Waals surface area contributed by atoms with E-state index in [1.807, 2.05) is 55.5 Å². The summed E-state index contributed by atoms with van der Waals surface area (Å²) in [5.41, 5.74) is 4.90. The summed E-state index contributed by atoms with van der Waals surface area (Å²) >= 11 is 7.20. The highest BCUT2D eigenvalue weighted by molar-refractivity contribution is 7.80. The van der Waals surface area contributed by atoms with Gasteiger partial charge in [0.1, 0.15) is 5.75 Å². The number of fused-ring (bicyclic) bond motifs is 1. The topological polar surface area (TPSA) is 46.2 Å². The molecule has 28 heavy (non-hydrogen) atoms. The second kappa shape index (κ2) is 7.96. The van der Waals surface area contributed by atoms with E-state index in [4.69, 9.17) is 17.0 Å². The number of thiocarbonyl (C=S) groups is 1. The van der Waals surface area contributed by atoms with Crippen LogP contribution in [0.3, 0.4) is 0 Å². The van der Waals surface area contributed by atoms with Crippen molar-refractivity contribution in [3.8, 4) is 16.9 Å². The first-order valence-electron chi connectivity index (χ1n) is 8.81. The summed E-state index contributed by atoms with van der Waals surface area (Å²) in [4.78, 5) is 4.53. The van der Waals surface area contributed by atoms with Gasteiger partial charge in [0.05, 0.1) is 28.0 Å². The number of aryl methyl sites for hydroxylation is 1. The van der Waals surface area contributed by atoms with E-state index in [0.29, 0.717) is 5.11 Å². The maximum Gasteiger partial charge on any atom is 0.175 e. The Morgan fingerprint density at radius 2 is 1.79 bits per heavy atom. The third-order valence-corrected chi connectivity index (χ3v) is 5.46. The summed E-state index contributed by atoms with van der Waals surface area (Å²) in [6.07, 6.45) is 0. The van der Waals surface area contributed by atoms with Crippen molar-refractivity contribution in [1.82, 2.24) is 4.98 Å². The maximum atomic E-state index is 5.52. The van der Waals surface area contributed by atoms with Gasteiger partial charge in [-0.25, -0.2) is 4.98 Å². The standard InChI is InChI=1S/C22H19N3OS2/c1-14-23-19-13-17(9-11-21(19)28-14)24-22(27)25-18-12-16(8-10-20(18)26-2)15-6-4-3-5-7-15/h3-13H,1-2H3,(H2,24,25,27). The molecule has 1 heterocycles. The second-order valence-electron chi connectivity index (χ2n) is 6.28. The van der Waals surface area contributed by atoms with Crippen molar-refractivity contribution in [3.05, 3.63) is 71.7 Å². The van der Waals surface area contributed by atoms with Gasteiger partial charge in [-0.2, -0.15) is 0 Å². The molecule has 4 aromatic rings. The van der Waals surface area contributed by atoms with Gasteiger partial charge in [-0.1, -0.05) is 36.4 Å². The molecular weight excluding hydrogens is 386 g/mol. The van der Waals surface area contributed by atoms with Crippen LogP contribution in [0.25, 0.3) is 21.3 Å². The van der Waals surface area contributed by atoms with Crippen molar-refractivity contribution in [2.75, 3.05) is 17.7 Å². The van der Waals surface area contributed by atoms with E-state index in [1.54, 1.807) is 18.4 Å². The van der Waals surface area contributed by atoms with Gasteiger partial charge in [-0.15, -0.1) is 11.3 Å². The Hall–Kier alpha value is -2.96. The number of aromatic nitrogens is 1. The third-order valence-electron chi connectivity index (χ3n) is 4.31. The minimum atomic E-state index is 0.495. The van der Waals surface area contributed by atoms with Crippen LogP contribution < -0.4 is 15.4 Å². The molecule has 140 valence electrons. The van der Waals surface area contributed by atoms with Crippen molar-refractivity contribution < 1.29 is 4.74 Å². The zero-order valence-electron chi connectivity index (χ0n) is 15.5. The predicted molar refractivity (Wildman–Crippen MR) is 123 cm³/mol. The first-order valence-corrected chi connectivity index (χ1v) is 10.0. The molecule has 6 heteroatoms. The molecule has 0 aliphatic rings. The van der Waals surface area contributed by atoms with E-state index in [9.17, 15) is 0 Å². The summed E-state index contributed by atoms with van der Waals surface area (Å²) in [6.45, 7) is 2.01. The summed E-state index contributed by atoms with van der Waals surface area (Å²) in [5.74, 6) is 0.731. The fourth-order valence-corrected chi connectivity index (χ4v) is 4.06. The first kappa shape index (κ1) is 18.4. The Bertz CT molecular complexity index is 1140. The van der Waals surface area contributed by atoms with Gasteiger partial charge in [0.25, 0.3) is 0 Å². The number of hydrogen-bond donors (Lipinski definition) is 2. The molecule has 3 aromatic carbocycles. The van der Waals surface area contributed by atoms with Crippen LogP contribution in [0.15, 0.2) is 66.7 Å². The first-order chi connectivity index (χ1) is 13.6. The van der Waals surface area contributed by atoms with E-state index in [-0.39, 0.29) is 0 Å². The number of benzene rings is 3. The summed E-state index contributed by atoms with van der Waals surface area (Å²) in [5, 5.41) is 8.03. The molecule has 0 atom stereocenters. The van der Waals surface area contributed by atoms with Crippen LogP contribution >= 0.6 is 23.6 Å². The molecule has 0 aliphatic heterocycles. The van der Waals surface area contributed by atoms with E-state index in [1.165, 1.54) is 4.70 Å². The lowest BCUT2D eigenvalue weighted by molar-refractivity contribution is 0.417. The van der Waals surface area contributed by atoms with E-state index < -0.39 is 0 Å². The van der Waals surface area contributed by atoms with Gasteiger partial charge in [-0.3, -0.25) is 0 Å². The number of anilines is 2. The lowest BCUT2D eigenvalue weighted by Gasteiger charge is -2.15. The van der Waals surface area contributed by atoms with E-state index in [2.05, 4.69) is 33.8 Å². The Balaban J connectivity index is 1.55. The van der Waals surface area contributed by atoms with Gasteiger partial charge in [0.2, 0.25) is 0 Å². The van der Waals surface area contributed by atoms with Crippen molar-refractivity contribution in [1.29, 1.82) is 0 Å². The summed E-state index contributed by atoms with van der Waals surface area (Å²) in [7, 11) is 1.65. The van der Waals surface area contributed by atoms with Crippen LogP contribution in [0.1, 0.15) is 5.01 Å². The van der Waals surface area contributed by atoms with Crippen LogP contribution in [0.4, 0.5) is 11.4 Å². The second-order valence-corrected chi connectivity index (χ2v) is 7.92. The molecule has 4 nitrogen and oxygen atoms in total. The monoisotopic (exact) mass is 405 g/mol. The van der Waals surface area contributed by atoms with Gasteiger partial charge < -0.3 is 15.4 Å². The molecule has 0 amide bonds. The zero-order valence-corrected chi connectivity index (χ0v) is 17.2. The van der Waals surface area contributed by atoms with Crippen LogP contribution in [0, 0.1) is 6.92 Å². The highest BCUT2D eigenvalue weighted by Crippen LogP contribution is 2.31. The fraction of sp³-hybridized carbons (Fsp3) is 0.0909. The quantitative estimate of drug-likeness (QED) is 0.402. The van der Waals surface area contributed by atoms with Gasteiger partial charge in [-0.05, 0) is 60.6 Å². The number of ether oxygens (including phenoxy) is 1. The molecule has 0 saturated heterocycles. The lowest BCUT2D eigenvalue weighted by Crippen LogP contribution is -2.19. The Kier molecular flexibility index (Phi) is 5.23. The molecule has 0 fully saturated rings. The third kappa shape index (κ3) is 3.98. The molecule has 0 bridgehead atoms. The van der Waals surface area contributed by atoms with Crippen LogP contribution in [0.5, 0.6) is 5.75 Å². The van der Waals surface area contributed by atoms with Crippen molar-refractivity contribution in [2.24, 2.45) is 0 Å². The van der Waals surface area contributed by atoms with Gasteiger partial charge >= 0.3 is 0 Å². The number of methoxy groups -OCH3 is 1. The van der Waals surface area contributed by atoms with E-state index >= 15 is 0 Å². The SMILES string of the molecule is COc1ccc(-c2ccccc2)cc1NC(=S)Nc1ccc2sc(C)nc2c1. The summed E-state index contributed by atoms with van der Waals surface area (Å²) in [6, 6.07) is 22.3. The molecule has 4 rings (SSSR count). The average Bonchev–Trinajstić information content (AvgIpc) is 3.08. The van der Waals surface area contributed by atoms with Crippen LogP contribution in [-0.4, -0.2) is 17.2 Å². The van der Waals surface area contributed by atoms with Crippen LogP contribution in [-0.2, 0) is 0 Å². The molecule has 0 saturated carbocycles. The molecule has 2 N–H and O–H groups in total. The minimum Gasteiger partial charge on any atom is -0.495 e. The smallest absolute Gasteiger partial charge is 0.175 e. The molecule has 0 spiro atoms. The highest BCUT2D eigenvalue weighted by atomic mass is 32.1. The molecule has 0 radical (unpaired) electrons. The Labute approximate surface area is 173 Å². The predicted octanol–water partition coefficient (Wildman–Crippen LogP) is 6.09. The van der Waals surface area contributed by atoms with Crippen molar-refractivity contribution in [3.63, 3.8) is 0 Å². The van der Waals surface area contributed by atoms with Crippen molar-refractivity contribution in [2.45, 2.75) is 6.92 Å². The Morgan fingerprint density at radius 1 is 0.964 bits per heavy atom. The number of nitrogens with one attached hydrogen (secondary N) is 2. The van der Waals surface area contributed by atoms with E-state index in [0.717, 1.165) is 38.8 Å². The molecular formula is C22H19N3OS2. The summed E-state index contributed by atoms with van der Waals surface area (Å²) < 4.78 is 6.66. The average molecular weight is 406 g/mol. The zero-order chi connectivity index (χ0) is 19.5. The highest BCUT2D eigenvalue weighted by Gasteiger charge is 2.09. The fourth-order valence-electron chi connectivity index (χ4n) is 3.02. The number of thiazole rings is 1. The lowest BCUT2D eigenvalue weighted by atomic mass is 10.0. The number of rotatable bonds is 4.